The van der Waals surface area contributed by atoms with E-state index in [0.29, 0.717) is 21.6 Å². The van der Waals surface area contributed by atoms with Crippen molar-refractivity contribution < 1.29 is 4.92 Å². The molecule has 1 heterocycles. The zero-order chi connectivity index (χ0) is 12.6. The van der Waals surface area contributed by atoms with Crippen LogP contribution < -0.4 is 0 Å². The van der Waals surface area contributed by atoms with Crippen molar-refractivity contribution in [3.05, 3.63) is 50.4 Å². The number of aromatic nitrogens is 2. The van der Waals surface area contributed by atoms with Gasteiger partial charge < -0.3 is 10.1 Å². The fourth-order valence-electron chi connectivity index (χ4n) is 1.49. The molecule has 0 aliphatic heterocycles. The molecule has 0 aliphatic rings. The summed E-state index contributed by atoms with van der Waals surface area (Å²) in [6, 6.07) is 4.91. The first-order valence-corrected chi connectivity index (χ1v) is 5.40. The Morgan fingerprint density at radius 2 is 1.88 bits per heavy atom. The van der Waals surface area contributed by atoms with Gasteiger partial charge in [0.15, 0.2) is 0 Å². The van der Waals surface area contributed by atoms with Crippen LogP contribution in [0, 0.1) is 17.0 Å². The van der Waals surface area contributed by atoms with Gasteiger partial charge in [-0.3, -0.25) is 4.57 Å². The summed E-state index contributed by atoms with van der Waals surface area (Å²) in [6.45, 7) is 1.67. The quantitative estimate of drug-likeness (QED) is 0.621. The number of rotatable bonds is 2. The van der Waals surface area contributed by atoms with Crippen molar-refractivity contribution in [1.29, 1.82) is 0 Å². The maximum absolute atomic E-state index is 10.6. The fourth-order valence-corrected chi connectivity index (χ4v) is 2.00. The van der Waals surface area contributed by atoms with Gasteiger partial charge in [0.05, 0.1) is 5.69 Å². The van der Waals surface area contributed by atoms with Gasteiger partial charge in [0.2, 0.25) is 5.82 Å². The molecule has 7 heteroatoms. The molecule has 17 heavy (non-hydrogen) atoms. The molecular weight excluding hydrogens is 265 g/mol. The van der Waals surface area contributed by atoms with Gasteiger partial charge in [0, 0.05) is 17.0 Å². The van der Waals surface area contributed by atoms with Gasteiger partial charge in [-0.25, -0.2) is 0 Å². The van der Waals surface area contributed by atoms with Crippen LogP contribution >= 0.6 is 23.2 Å². The van der Waals surface area contributed by atoms with E-state index in [9.17, 15) is 10.1 Å². The van der Waals surface area contributed by atoms with Crippen molar-refractivity contribution in [2.75, 3.05) is 0 Å². The summed E-state index contributed by atoms with van der Waals surface area (Å²) in [5, 5.41) is 11.5. The predicted octanol–water partition coefficient (Wildman–Crippen LogP) is 3.40. The topological polar surface area (TPSA) is 61.0 Å². The van der Waals surface area contributed by atoms with Gasteiger partial charge >= 0.3 is 5.82 Å². The number of nitro groups is 1. The number of aryl methyl sites for hydroxylation is 1. The maximum Gasteiger partial charge on any atom is 0.382 e. The van der Waals surface area contributed by atoms with E-state index in [0.717, 1.165) is 0 Å². The van der Waals surface area contributed by atoms with Crippen LogP contribution in [0.4, 0.5) is 5.82 Å². The summed E-state index contributed by atoms with van der Waals surface area (Å²) in [5.41, 5.74) is 0.639. The highest BCUT2D eigenvalue weighted by atomic mass is 35.5. The lowest BCUT2D eigenvalue weighted by Gasteiger charge is -2.03. The first-order valence-electron chi connectivity index (χ1n) is 4.64. The number of hydrogen-bond acceptors (Lipinski definition) is 3. The SMILES string of the molecule is Cc1nc([N+](=O)[O-])cn1-c1cc(Cl)cc(Cl)c1. The molecule has 0 saturated heterocycles. The van der Waals surface area contributed by atoms with E-state index in [4.69, 9.17) is 23.2 Å². The Morgan fingerprint density at radius 3 is 2.35 bits per heavy atom. The van der Waals surface area contributed by atoms with E-state index < -0.39 is 4.92 Å². The Kier molecular flexibility index (Phi) is 3.04. The second kappa shape index (κ2) is 4.35. The van der Waals surface area contributed by atoms with Crippen molar-refractivity contribution >= 4 is 29.0 Å². The van der Waals surface area contributed by atoms with E-state index in [1.165, 1.54) is 6.20 Å². The molecule has 2 rings (SSSR count). The number of benzene rings is 1. The van der Waals surface area contributed by atoms with Crippen molar-refractivity contribution in [3.8, 4) is 5.69 Å². The number of halogens is 2. The molecule has 0 bridgehead atoms. The summed E-state index contributed by atoms with van der Waals surface area (Å²) in [6.07, 6.45) is 1.33. The van der Waals surface area contributed by atoms with Crippen LogP contribution in [-0.4, -0.2) is 14.5 Å². The van der Waals surface area contributed by atoms with E-state index in [1.807, 2.05) is 0 Å². The molecule has 0 spiro atoms. The highest BCUT2D eigenvalue weighted by molar-refractivity contribution is 6.34. The first-order chi connectivity index (χ1) is 7.97. The lowest BCUT2D eigenvalue weighted by molar-refractivity contribution is -0.389. The van der Waals surface area contributed by atoms with Crippen LogP contribution in [0.5, 0.6) is 0 Å². The molecule has 2 aromatic rings. The van der Waals surface area contributed by atoms with E-state index in [1.54, 1.807) is 29.7 Å². The second-order valence-corrected chi connectivity index (χ2v) is 4.27. The molecule has 0 unspecified atom stereocenters. The standard InChI is InChI=1S/C10H7Cl2N3O2/c1-6-13-10(15(16)17)5-14(6)9-3-7(11)2-8(12)4-9/h2-5H,1H3. The van der Waals surface area contributed by atoms with Crippen LogP contribution in [0.1, 0.15) is 5.82 Å². The molecule has 1 aromatic carbocycles. The average Bonchev–Trinajstić information content (AvgIpc) is 2.59. The number of hydrogen-bond donors (Lipinski definition) is 0. The van der Waals surface area contributed by atoms with Crippen molar-refractivity contribution in [2.45, 2.75) is 6.92 Å². The minimum Gasteiger partial charge on any atom is -0.358 e. The van der Waals surface area contributed by atoms with Gasteiger partial charge in [-0.2, -0.15) is 0 Å². The van der Waals surface area contributed by atoms with Gasteiger partial charge in [0.25, 0.3) is 0 Å². The third kappa shape index (κ3) is 2.40. The number of imidazole rings is 1. The van der Waals surface area contributed by atoms with Crippen molar-refractivity contribution in [1.82, 2.24) is 9.55 Å². The number of nitrogens with zero attached hydrogens (tertiary/aromatic N) is 3. The molecule has 0 fully saturated rings. The summed E-state index contributed by atoms with van der Waals surface area (Å²) in [5.74, 6) is 0.286. The molecule has 0 saturated carbocycles. The van der Waals surface area contributed by atoms with Crippen molar-refractivity contribution in [2.24, 2.45) is 0 Å². The highest BCUT2D eigenvalue weighted by Gasteiger charge is 2.16. The van der Waals surface area contributed by atoms with Gasteiger partial charge in [-0.05, 0) is 28.1 Å². The van der Waals surface area contributed by atoms with E-state index in [2.05, 4.69) is 4.98 Å². The molecule has 0 aliphatic carbocycles. The van der Waals surface area contributed by atoms with E-state index in [-0.39, 0.29) is 5.82 Å². The maximum atomic E-state index is 10.6. The summed E-state index contributed by atoms with van der Waals surface area (Å²) >= 11 is 11.7. The molecule has 1 aromatic heterocycles. The zero-order valence-corrected chi connectivity index (χ0v) is 10.2. The third-order valence-corrected chi connectivity index (χ3v) is 2.62. The van der Waals surface area contributed by atoms with Gasteiger partial charge in [0.1, 0.15) is 6.20 Å². The summed E-state index contributed by atoms with van der Waals surface area (Å²) < 4.78 is 1.57. The Morgan fingerprint density at radius 1 is 1.29 bits per heavy atom. The highest BCUT2D eigenvalue weighted by Crippen LogP contribution is 2.24. The summed E-state index contributed by atoms with van der Waals surface area (Å²) in [4.78, 5) is 13.9. The van der Waals surface area contributed by atoms with Gasteiger partial charge in [-0.1, -0.05) is 23.2 Å². The van der Waals surface area contributed by atoms with Crippen molar-refractivity contribution in [3.63, 3.8) is 0 Å². The zero-order valence-electron chi connectivity index (χ0n) is 8.72. The Bertz CT molecular complexity index is 575. The molecule has 0 N–H and O–H groups in total. The largest absolute Gasteiger partial charge is 0.382 e. The van der Waals surface area contributed by atoms with E-state index >= 15 is 0 Å². The van der Waals surface area contributed by atoms with Crippen LogP contribution in [0.25, 0.3) is 5.69 Å². The Balaban J connectivity index is 2.56. The lowest BCUT2D eigenvalue weighted by atomic mass is 10.3. The monoisotopic (exact) mass is 271 g/mol. The smallest absolute Gasteiger partial charge is 0.358 e. The minimum absolute atomic E-state index is 0.210. The lowest BCUT2D eigenvalue weighted by Crippen LogP contribution is -1.95. The molecule has 5 nitrogen and oxygen atoms in total. The molecule has 88 valence electrons. The molecule has 0 radical (unpaired) electrons. The Hall–Kier alpha value is -1.59. The van der Waals surface area contributed by atoms with Crippen LogP contribution in [0.3, 0.4) is 0 Å². The predicted molar refractivity (Wildman–Crippen MR) is 65.0 cm³/mol. The van der Waals surface area contributed by atoms with Gasteiger partial charge in [-0.15, -0.1) is 0 Å². The first kappa shape index (κ1) is 11.9. The normalized spacial score (nSPS) is 10.5. The Labute approximate surface area is 107 Å². The molecular formula is C10H7Cl2N3O2. The van der Waals surface area contributed by atoms with Crippen LogP contribution in [-0.2, 0) is 0 Å². The van der Waals surface area contributed by atoms with Crippen LogP contribution in [0.15, 0.2) is 24.4 Å². The van der Waals surface area contributed by atoms with Crippen LogP contribution in [0.2, 0.25) is 10.0 Å². The minimum atomic E-state index is -0.546. The summed E-state index contributed by atoms with van der Waals surface area (Å²) in [7, 11) is 0. The fraction of sp³-hybridized carbons (Fsp3) is 0.100. The molecule has 0 amide bonds. The average molecular weight is 272 g/mol. The molecule has 0 atom stereocenters. The third-order valence-electron chi connectivity index (χ3n) is 2.18. The second-order valence-electron chi connectivity index (χ2n) is 3.40.